The van der Waals surface area contributed by atoms with Crippen LogP contribution in [-0.2, 0) is 19.1 Å². The highest BCUT2D eigenvalue weighted by Crippen LogP contribution is 2.55. The van der Waals surface area contributed by atoms with Crippen LogP contribution in [0.4, 0.5) is 5.69 Å². The fraction of sp³-hybridized carbons (Fsp3) is 0.594. The third-order valence-electron chi connectivity index (χ3n) is 10.1. The molecule has 3 amide bonds. The van der Waals surface area contributed by atoms with Gasteiger partial charge < -0.3 is 20.3 Å². The number of anilines is 1. The minimum Gasteiger partial charge on any atom is -0.359 e. The second-order valence-corrected chi connectivity index (χ2v) is 12.9. The summed E-state index contributed by atoms with van der Waals surface area (Å²) in [5.74, 6) is -1.21. The van der Waals surface area contributed by atoms with Crippen molar-refractivity contribution < 1.29 is 19.1 Å². The number of nitrogens with one attached hydrogen (secondary N) is 2. The smallest absolute Gasteiger partial charge is 0.246 e. The van der Waals surface area contributed by atoms with Crippen molar-refractivity contribution in [3.05, 3.63) is 53.1 Å². The summed E-state index contributed by atoms with van der Waals surface area (Å²) in [6.45, 7) is 4.90. The van der Waals surface area contributed by atoms with E-state index in [1.54, 1.807) is 29.2 Å². The maximum absolute atomic E-state index is 14.2. The van der Waals surface area contributed by atoms with E-state index in [1.165, 1.54) is 18.4 Å². The van der Waals surface area contributed by atoms with E-state index in [9.17, 15) is 14.4 Å². The first-order valence-corrected chi connectivity index (χ1v) is 15.4. The van der Waals surface area contributed by atoms with Crippen molar-refractivity contribution in [1.82, 2.24) is 10.2 Å². The van der Waals surface area contributed by atoms with Gasteiger partial charge in [0.25, 0.3) is 0 Å². The van der Waals surface area contributed by atoms with Gasteiger partial charge in [-0.2, -0.15) is 0 Å². The first-order chi connectivity index (χ1) is 19.3. The number of carbonyl (C=O) groups is 3. The number of rotatable bonds is 7. The van der Waals surface area contributed by atoms with E-state index < -0.39 is 29.6 Å². The highest BCUT2D eigenvalue weighted by molar-refractivity contribution is 6.30. The second kappa shape index (κ2) is 11.0. The van der Waals surface area contributed by atoms with Gasteiger partial charge in [-0.25, -0.2) is 0 Å². The molecule has 0 radical (unpaired) electrons. The number of likely N-dealkylation sites (tertiary alicyclic amines) is 1. The Morgan fingerprint density at radius 1 is 1.15 bits per heavy atom. The summed E-state index contributed by atoms with van der Waals surface area (Å²) in [4.78, 5) is 43.7. The Hall–Kier alpha value is -2.64. The van der Waals surface area contributed by atoms with Crippen molar-refractivity contribution in [1.29, 1.82) is 0 Å². The molecular formula is C32H40ClN3O4. The van der Waals surface area contributed by atoms with Crippen LogP contribution in [0.25, 0.3) is 0 Å². The van der Waals surface area contributed by atoms with Crippen LogP contribution in [0.5, 0.6) is 0 Å². The van der Waals surface area contributed by atoms with E-state index in [1.807, 2.05) is 12.2 Å². The van der Waals surface area contributed by atoms with Gasteiger partial charge in [0.15, 0.2) is 0 Å². The zero-order valence-corrected chi connectivity index (χ0v) is 24.2. The van der Waals surface area contributed by atoms with Gasteiger partial charge >= 0.3 is 0 Å². The Morgan fingerprint density at radius 3 is 2.77 bits per heavy atom. The zero-order valence-electron chi connectivity index (χ0n) is 23.4. The van der Waals surface area contributed by atoms with Crippen LogP contribution in [0.15, 0.2) is 48.1 Å². The van der Waals surface area contributed by atoms with Crippen molar-refractivity contribution >= 4 is 35.0 Å². The van der Waals surface area contributed by atoms with Crippen LogP contribution >= 0.6 is 11.6 Å². The number of amides is 3. The first kappa shape index (κ1) is 27.5. The maximum Gasteiger partial charge on any atom is 0.246 e. The minimum absolute atomic E-state index is 0.0641. The maximum atomic E-state index is 14.2. The molecule has 0 aromatic heterocycles. The predicted molar refractivity (Wildman–Crippen MR) is 155 cm³/mol. The van der Waals surface area contributed by atoms with E-state index in [-0.39, 0.29) is 23.8 Å². The molecule has 2 N–H and O–H groups in total. The molecule has 1 spiro atoms. The van der Waals surface area contributed by atoms with Crippen LogP contribution in [-0.4, -0.2) is 53.0 Å². The average molecular weight is 566 g/mol. The van der Waals surface area contributed by atoms with Gasteiger partial charge in [0, 0.05) is 23.3 Å². The lowest BCUT2D eigenvalue weighted by atomic mass is 9.73. The highest BCUT2D eigenvalue weighted by atomic mass is 35.5. The molecule has 2 aliphatic carbocycles. The third-order valence-corrected chi connectivity index (χ3v) is 10.3. The molecular weight excluding hydrogens is 526 g/mol. The predicted octanol–water partition coefficient (Wildman–Crippen LogP) is 5.26. The molecule has 6 unspecified atom stereocenters. The molecule has 214 valence electrons. The van der Waals surface area contributed by atoms with Crippen molar-refractivity contribution in [2.45, 2.75) is 89.0 Å². The monoisotopic (exact) mass is 565 g/mol. The standard InChI is InChI=1S/C32H40ClN3O4/c1-19-8-6-13-24(20(19)2)35-30(38)28-32-16-14-25(40-32)26(29(37)34-23-12-7-11-22(33)18-23)27(32)31(39)36(28)17-15-21-9-4-3-5-10-21/h7,9,11-12,14,16,18-20,24-28H,3-6,8,10,13,15,17H2,1-2H3,(H,34,37)(H,35,38)/t19?,20?,24?,25-,26?,27-,28?,32?/m0/s1. The van der Waals surface area contributed by atoms with Gasteiger partial charge in [0.1, 0.15) is 11.6 Å². The van der Waals surface area contributed by atoms with E-state index in [2.05, 4.69) is 30.6 Å². The lowest BCUT2D eigenvalue weighted by Crippen LogP contribution is -2.58. The van der Waals surface area contributed by atoms with Gasteiger partial charge in [-0.05, 0) is 68.6 Å². The quantitative estimate of drug-likeness (QED) is 0.441. The van der Waals surface area contributed by atoms with E-state index in [0.717, 1.165) is 38.5 Å². The van der Waals surface area contributed by atoms with Gasteiger partial charge in [0.05, 0.1) is 17.9 Å². The molecule has 1 aromatic carbocycles. The number of halogens is 1. The van der Waals surface area contributed by atoms with Gasteiger partial charge in [-0.15, -0.1) is 0 Å². The van der Waals surface area contributed by atoms with E-state index in [4.69, 9.17) is 16.3 Å². The van der Waals surface area contributed by atoms with Crippen LogP contribution < -0.4 is 10.6 Å². The van der Waals surface area contributed by atoms with Crippen molar-refractivity contribution in [2.75, 3.05) is 11.9 Å². The Bertz CT molecular complexity index is 1250. The average Bonchev–Trinajstić information content (AvgIpc) is 3.58. The highest BCUT2D eigenvalue weighted by Gasteiger charge is 2.72. The Morgan fingerprint density at radius 2 is 2.00 bits per heavy atom. The minimum atomic E-state index is -1.15. The molecule has 40 heavy (non-hydrogen) atoms. The second-order valence-electron chi connectivity index (χ2n) is 12.5. The molecule has 2 saturated heterocycles. The molecule has 5 aliphatic rings. The SMILES string of the molecule is CC1CCCC(NC(=O)C2N(CCC3=CCCCC3)C(=O)[C@@H]3C(C(=O)Nc4cccc(Cl)c4)[C@@H]4C=CC23O4)C1C. The number of hydrogen-bond acceptors (Lipinski definition) is 4. The molecule has 8 atom stereocenters. The summed E-state index contributed by atoms with van der Waals surface area (Å²) < 4.78 is 6.51. The Kier molecular flexibility index (Phi) is 7.55. The molecule has 8 heteroatoms. The Balaban J connectivity index is 1.29. The molecule has 2 bridgehead atoms. The summed E-state index contributed by atoms with van der Waals surface area (Å²) in [6.07, 6.45) is 13.9. The van der Waals surface area contributed by atoms with Gasteiger partial charge in [-0.1, -0.05) is 68.2 Å². The number of ether oxygens (including phenoxy) is 1. The van der Waals surface area contributed by atoms with Gasteiger partial charge in [0.2, 0.25) is 17.7 Å². The third kappa shape index (κ3) is 4.79. The van der Waals surface area contributed by atoms with Crippen LogP contribution in [0.2, 0.25) is 5.02 Å². The number of hydrogen-bond donors (Lipinski definition) is 2. The fourth-order valence-electron chi connectivity index (χ4n) is 7.74. The summed E-state index contributed by atoms with van der Waals surface area (Å²) in [5, 5.41) is 6.79. The van der Waals surface area contributed by atoms with Crippen LogP contribution in [0.3, 0.4) is 0 Å². The summed E-state index contributed by atoms with van der Waals surface area (Å²) in [7, 11) is 0. The molecule has 7 nitrogen and oxygen atoms in total. The van der Waals surface area contributed by atoms with Crippen LogP contribution in [0.1, 0.15) is 65.2 Å². The molecule has 3 fully saturated rings. The number of allylic oxidation sites excluding steroid dienone is 1. The molecule has 1 saturated carbocycles. The normalized spacial score (nSPS) is 36.4. The number of nitrogens with zero attached hydrogens (tertiary/aromatic N) is 1. The van der Waals surface area contributed by atoms with Gasteiger partial charge in [-0.3, -0.25) is 14.4 Å². The fourth-order valence-corrected chi connectivity index (χ4v) is 7.93. The van der Waals surface area contributed by atoms with E-state index >= 15 is 0 Å². The number of benzene rings is 1. The lowest BCUT2D eigenvalue weighted by Gasteiger charge is -2.38. The van der Waals surface area contributed by atoms with Crippen molar-refractivity contribution in [2.24, 2.45) is 23.7 Å². The molecule has 3 aliphatic heterocycles. The topological polar surface area (TPSA) is 87.7 Å². The van der Waals surface area contributed by atoms with Crippen molar-refractivity contribution in [3.8, 4) is 0 Å². The molecule has 1 aromatic rings. The first-order valence-electron chi connectivity index (χ1n) is 15.0. The number of fused-ring (bicyclic) bond motifs is 1. The zero-order chi connectivity index (χ0) is 28.0. The molecule has 3 heterocycles. The van der Waals surface area contributed by atoms with E-state index in [0.29, 0.717) is 29.1 Å². The summed E-state index contributed by atoms with van der Waals surface area (Å²) in [5.41, 5.74) is 0.769. The largest absolute Gasteiger partial charge is 0.359 e. The summed E-state index contributed by atoms with van der Waals surface area (Å²) in [6, 6.07) is 6.23. The summed E-state index contributed by atoms with van der Waals surface area (Å²) >= 11 is 6.14. The number of carbonyl (C=O) groups excluding carboxylic acids is 3. The lowest BCUT2D eigenvalue weighted by molar-refractivity contribution is -0.141. The Labute approximate surface area is 241 Å². The van der Waals surface area contributed by atoms with Crippen molar-refractivity contribution in [3.63, 3.8) is 0 Å². The molecule has 6 rings (SSSR count). The van der Waals surface area contributed by atoms with Crippen LogP contribution in [0, 0.1) is 23.7 Å².